The molecule has 0 aliphatic heterocycles. The summed E-state index contributed by atoms with van der Waals surface area (Å²) in [6.45, 7) is 8.08. The van der Waals surface area contributed by atoms with Crippen molar-refractivity contribution in [3.05, 3.63) is 40.9 Å². The highest BCUT2D eigenvalue weighted by atomic mass is 127. The molecule has 0 atom stereocenters. The number of hydrogen-bond acceptors (Lipinski definition) is 5. The Morgan fingerprint density at radius 3 is 2.63 bits per heavy atom. The second-order valence-electron chi connectivity index (χ2n) is 5.83. The lowest BCUT2D eigenvalue weighted by Gasteiger charge is -2.14. The van der Waals surface area contributed by atoms with Crippen molar-refractivity contribution in [3.63, 3.8) is 0 Å². The van der Waals surface area contributed by atoms with Gasteiger partial charge in [-0.2, -0.15) is 0 Å². The maximum absolute atomic E-state index is 5.70. The van der Waals surface area contributed by atoms with Gasteiger partial charge in [-0.25, -0.2) is 4.98 Å². The molecule has 0 saturated carbocycles. The van der Waals surface area contributed by atoms with Gasteiger partial charge in [0.15, 0.2) is 5.96 Å². The first-order valence-electron chi connectivity index (χ1n) is 9.20. The Morgan fingerprint density at radius 1 is 1.19 bits per heavy atom. The van der Waals surface area contributed by atoms with Gasteiger partial charge < -0.3 is 19.9 Å². The van der Waals surface area contributed by atoms with E-state index in [1.54, 1.807) is 13.2 Å². The smallest absolute Gasteiger partial charge is 0.218 e. The molecule has 0 unspecified atom stereocenters. The van der Waals surface area contributed by atoms with Gasteiger partial charge in [-0.05, 0) is 18.9 Å². The molecule has 2 rings (SSSR count). The number of aromatic nitrogens is 2. The predicted octanol–water partition coefficient (Wildman–Crippen LogP) is 3.47. The average molecular weight is 487 g/mol. The SMILES string of the molecule is CCCOc1ncccc1CNC(=NC)NCc1c(CC)noc1CC.I. The van der Waals surface area contributed by atoms with Gasteiger partial charge in [-0.3, -0.25) is 4.99 Å². The molecule has 0 aliphatic carbocycles. The van der Waals surface area contributed by atoms with Gasteiger partial charge in [0.1, 0.15) is 5.76 Å². The van der Waals surface area contributed by atoms with Crippen molar-refractivity contribution in [2.75, 3.05) is 13.7 Å². The zero-order valence-corrected chi connectivity index (χ0v) is 18.9. The minimum absolute atomic E-state index is 0. The number of halogens is 1. The monoisotopic (exact) mass is 487 g/mol. The lowest BCUT2D eigenvalue weighted by Crippen LogP contribution is -2.36. The van der Waals surface area contributed by atoms with Crippen molar-refractivity contribution < 1.29 is 9.26 Å². The number of rotatable bonds is 9. The van der Waals surface area contributed by atoms with E-state index in [1.165, 1.54) is 0 Å². The molecule has 2 N–H and O–H groups in total. The van der Waals surface area contributed by atoms with Crippen molar-refractivity contribution in [3.8, 4) is 5.88 Å². The summed E-state index contributed by atoms with van der Waals surface area (Å²) in [6.07, 6.45) is 4.36. The van der Waals surface area contributed by atoms with Crippen molar-refractivity contribution in [2.24, 2.45) is 4.99 Å². The third kappa shape index (κ3) is 6.67. The third-order valence-electron chi connectivity index (χ3n) is 4.00. The Labute approximate surface area is 178 Å². The van der Waals surface area contributed by atoms with Crippen LogP contribution in [0.2, 0.25) is 0 Å². The topological polar surface area (TPSA) is 84.6 Å². The Balaban J connectivity index is 0.00000364. The summed E-state index contributed by atoms with van der Waals surface area (Å²) < 4.78 is 11.1. The predicted molar refractivity (Wildman–Crippen MR) is 118 cm³/mol. The molecule has 8 heteroatoms. The average Bonchev–Trinajstić information content (AvgIpc) is 3.09. The van der Waals surface area contributed by atoms with Crippen LogP contribution in [-0.2, 0) is 25.9 Å². The van der Waals surface area contributed by atoms with Crippen LogP contribution in [0, 0.1) is 0 Å². The van der Waals surface area contributed by atoms with Gasteiger partial charge in [-0.15, -0.1) is 24.0 Å². The van der Waals surface area contributed by atoms with Gasteiger partial charge in [-0.1, -0.05) is 32.0 Å². The molecule has 2 aromatic heterocycles. The van der Waals surface area contributed by atoms with Crippen LogP contribution in [0.3, 0.4) is 0 Å². The highest BCUT2D eigenvalue weighted by Crippen LogP contribution is 2.16. The van der Waals surface area contributed by atoms with Crippen LogP contribution < -0.4 is 15.4 Å². The molecule has 150 valence electrons. The Kier molecular flexibility index (Phi) is 10.8. The second kappa shape index (κ2) is 12.5. The summed E-state index contributed by atoms with van der Waals surface area (Å²) >= 11 is 0. The highest BCUT2D eigenvalue weighted by Gasteiger charge is 2.14. The number of aryl methyl sites for hydroxylation is 2. The first kappa shape index (κ1) is 23.2. The molecule has 27 heavy (non-hydrogen) atoms. The van der Waals surface area contributed by atoms with E-state index in [9.17, 15) is 0 Å². The number of ether oxygens (including phenoxy) is 1. The second-order valence-corrected chi connectivity index (χ2v) is 5.83. The fourth-order valence-corrected chi connectivity index (χ4v) is 2.60. The van der Waals surface area contributed by atoms with Crippen LogP contribution in [0.5, 0.6) is 5.88 Å². The van der Waals surface area contributed by atoms with Crippen molar-refractivity contribution in [1.82, 2.24) is 20.8 Å². The molecule has 0 spiro atoms. The van der Waals surface area contributed by atoms with E-state index in [4.69, 9.17) is 9.26 Å². The zero-order valence-electron chi connectivity index (χ0n) is 16.5. The van der Waals surface area contributed by atoms with E-state index in [2.05, 4.69) is 46.5 Å². The van der Waals surface area contributed by atoms with Crippen LogP contribution >= 0.6 is 24.0 Å². The minimum Gasteiger partial charge on any atom is -0.477 e. The van der Waals surface area contributed by atoms with Gasteiger partial charge in [0.05, 0.1) is 12.3 Å². The largest absolute Gasteiger partial charge is 0.477 e. The molecule has 0 amide bonds. The van der Waals surface area contributed by atoms with Gasteiger partial charge >= 0.3 is 0 Å². The quantitative estimate of drug-likeness (QED) is 0.320. The summed E-state index contributed by atoms with van der Waals surface area (Å²) in [5.41, 5.74) is 3.11. The molecule has 2 aromatic rings. The molecule has 0 aromatic carbocycles. The third-order valence-corrected chi connectivity index (χ3v) is 4.00. The van der Waals surface area contributed by atoms with Gasteiger partial charge in [0.25, 0.3) is 0 Å². The molecule has 0 bridgehead atoms. The lowest BCUT2D eigenvalue weighted by molar-refractivity contribution is 0.301. The number of nitrogens with zero attached hydrogens (tertiary/aromatic N) is 3. The number of hydrogen-bond donors (Lipinski definition) is 2. The van der Waals surface area contributed by atoms with E-state index < -0.39 is 0 Å². The molecular formula is C19H30IN5O2. The molecule has 7 nitrogen and oxygen atoms in total. The summed E-state index contributed by atoms with van der Waals surface area (Å²) in [5.74, 6) is 2.30. The fraction of sp³-hybridized carbons (Fsp3) is 0.526. The van der Waals surface area contributed by atoms with Crippen LogP contribution in [0.15, 0.2) is 27.8 Å². The lowest BCUT2D eigenvalue weighted by atomic mass is 10.1. The number of guanidine groups is 1. The molecule has 0 saturated heterocycles. The molecule has 2 heterocycles. The normalized spacial score (nSPS) is 11.0. The number of pyridine rings is 1. The summed E-state index contributed by atoms with van der Waals surface area (Å²) in [5, 5.41) is 10.8. The molecule has 0 radical (unpaired) electrons. The summed E-state index contributed by atoms with van der Waals surface area (Å²) in [4.78, 5) is 8.60. The van der Waals surface area contributed by atoms with Crippen LogP contribution in [-0.4, -0.2) is 29.8 Å². The summed E-state index contributed by atoms with van der Waals surface area (Å²) in [6, 6.07) is 3.91. The maximum atomic E-state index is 5.70. The molecule has 0 aliphatic rings. The number of aliphatic imine (C=N–C) groups is 1. The highest BCUT2D eigenvalue weighted by molar-refractivity contribution is 14.0. The first-order valence-corrected chi connectivity index (χ1v) is 9.20. The van der Waals surface area contributed by atoms with Gasteiger partial charge in [0, 0.05) is 43.9 Å². The fourth-order valence-electron chi connectivity index (χ4n) is 2.60. The minimum atomic E-state index is 0. The Hall–Kier alpha value is -1.84. The van der Waals surface area contributed by atoms with E-state index in [0.717, 1.165) is 41.8 Å². The summed E-state index contributed by atoms with van der Waals surface area (Å²) in [7, 11) is 1.75. The first-order chi connectivity index (χ1) is 12.7. The van der Waals surface area contributed by atoms with E-state index in [-0.39, 0.29) is 24.0 Å². The van der Waals surface area contributed by atoms with Crippen molar-refractivity contribution >= 4 is 29.9 Å². The van der Waals surface area contributed by atoms with Crippen LogP contribution in [0.4, 0.5) is 0 Å². The van der Waals surface area contributed by atoms with Crippen LogP contribution in [0.1, 0.15) is 49.8 Å². The standard InChI is InChI=1S/C19H29N5O2.HI/c1-5-11-25-18-14(9-8-10-21-18)12-22-19(20-4)23-13-15-16(6-2)24-26-17(15)7-3;/h8-10H,5-7,11-13H2,1-4H3,(H2,20,22,23);1H. The van der Waals surface area contributed by atoms with E-state index >= 15 is 0 Å². The maximum Gasteiger partial charge on any atom is 0.218 e. The van der Waals surface area contributed by atoms with Crippen LogP contribution in [0.25, 0.3) is 0 Å². The van der Waals surface area contributed by atoms with E-state index in [0.29, 0.717) is 31.5 Å². The Bertz CT molecular complexity index is 696. The molecular weight excluding hydrogens is 457 g/mol. The van der Waals surface area contributed by atoms with Gasteiger partial charge in [0.2, 0.25) is 5.88 Å². The Morgan fingerprint density at radius 2 is 1.96 bits per heavy atom. The van der Waals surface area contributed by atoms with Crippen molar-refractivity contribution in [2.45, 2.75) is 53.1 Å². The zero-order chi connectivity index (χ0) is 18.8. The molecule has 0 fully saturated rings. The number of nitrogens with one attached hydrogen (secondary N) is 2. The van der Waals surface area contributed by atoms with Crippen molar-refractivity contribution in [1.29, 1.82) is 0 Å². The van der Waals surface area contributed by atoms with E-state index in [1.807, 2.05) is 12.1 Å².